The Morgan fingerprint density at radius 2 is 1.77 bits per heavy atom. The molecule has 0 amide bonds. The van der Waals surface area contributed by atoms with Crippen molar-refractivity contribution in [3.05, 3.63) is 48.5 Å². The summed E-state index contributed by atoms with van der Waals surface area (Å²) in [6.07, 6.45) is 0.831. The van der Waals surface area contributed by atoms with E-state index in [0.29, 0.717) is 24.7 Å². The molecular weight excluding hydrogens is 330 g/mol. The fourth-order valence-corrected chi connectivity index (χ4v) is 2.32. The van der Waals surface area contributed by atoms with E-state index in [1.807, 2.05) is 55.5 Å². The van der Waals surface area contributed by atoms with Gasteiger partial charge in [-0.3, -0.25) is 4.99 Å². The fourth-order valence-electron chi connectivity index (χ4n) is 2.32. The maximum Gasteiger partial charge on any atom is 0.195 e. The summed E-state index contributed by atoms with van der Waals surface area (Å²) >= 11 is 0. The highest BCUT2D eigenvalue weighted by molar-refractivity contribution is 5.93. The Labute approximate surface area is 155 Å². The summed E-state index contributed by atoms with van der Waals surface area (Å²) < 4.78 is 16.3. The van der Waals surface area contributed by atoms with Gasteiger partial charge in [-0.1, -0.05) is 18.2 Å². The molecule has 2 aromatic carbocycles. The number of guanidine groups is 1. The van der Waals surface area contributed by atoms with Gasteiger partial charge in [0.2, 0.25) is 0 Å². The molecule has 0 unspecified atom stereocenters. The summed E-state index contributed by atoms with van der Waals surface area (Å²) in [5.41, 5.74) is 0.878. The Hall–Kier alpha value is -2.89. The van der Waals surface area contributed by atoms with Crippen molar-refractivity contribution in [2.75, 3.05) is 39.2 Å². The van der Waals surface area contributed by atoms with Crippen molar-refractivity contribution in [1.29, 1.82) is 0 Å². The summed E-state index contributed by atoms with van der Waals surface area (Å²) in [5.74, 6) is 2.97. The molecule has 2 rings (SSSR count). The smallest absolute Gasteiger partial charge is 0.195 e. The highest BCUT2D eigenvalue weighted by atomic mass is 16.5. The molecule has 6 nitrogen and oxygen atoms in total. The fraction of sp³-hybridized carbons (Fsp3) is 0.350. The third-order valence-corrected chi connectivity index (χ3v) is 3.57. The van der Waals surface area contributed by atoms with Crippen LogP contribution in [0.4, 0.5) is 5.69 Å². The molecule has 26 heavy (non-hydrogen) atoms. The van der Waals surface area contributed by atoms with Crippen molar-refractivity contribution in [1.82, 2.24) is 5.32 Å². The maximum absolute atomic E-state index is 5.68. The van der Waals surface area contributed by atoms with Crippen LogP contribution in [0, 0.1) is 0 Å². The van der Waals surface area contributed by atoms with E-state index in [-0.39, 0.29) is 0 Å². The first-order chi connectivity index (χ1) is 12.8. The first-order valence-electron chi connectivity index (χ1n) is 8.72. The molecule has 0 fully saturated rings. The second kappa shape index (κ2) is 10.9. The topological polar surface area (TPSA) is 64.1 Å². The number of anilines is 1. The Bertz CT molecular complexity index is 690. The molecule has 0 atom stereocenters. The number of ether oxygens (including phenoxy) is 3. The van der Waals surface area contributed by atoms with Crippen molar-refractivity contribution in [2.45, 2.75) is 13.3 Å². The zero-order valence-electron chi connectivity index (χ0n) is 15.6. The maximum atomic E-state index is 5.68. The van der Waals surface area contributed by atoms with Crippen LogP contribution in [-0.2, 0) is 0 Å². The predicted molar refractivity (Wildman–Crippen MR) is 106 cm³/mol. The number of nitrogens with zero attached hydrogens (tertiary/aromatic N) is 1. The summed E-state index contributed by atoms with van der Waals surface area (Å²) in [5, 5.41) is 6.51. The molecule has 0 saturated carbocycles. The summed E-state index contributed by atoms with van der Waals surface area (Å²) in [6.45, 7) is 4.10. The van der Waals surface area contributed by atoms with E-state index < -0.39 is 0 Å². The minimum absolute atomic E-state index is 0.628. The second-order valence-electron chi connectivity index (χ2n) is 5.47. The third kappa shape index (κ3) is 6.20. The van der Waals surface area contributed by atoms with Gasteiger partial charge in [-0.15, -0.1) is 0 Å². The van der Waals surface area contributed by atoms with E-state index in [1.165, 1.54) is 0 Å². The molecular formula is C20H27N3O3. The molecule has 2 N–H and O–H groups in total. The molecule has 0 aliphatic heterocycles. The number of aliphatic imine (C=N–C) groups is 1. The van der Waals surface area contributed by atoms with Gasteiger partial charge in [-0.2, -0.15) is 0 Å². The zero-order chi connectivity index (χ0) is 18.6. The molecule has 0 heterocycles. The Morgan fingerprint density at radius 1 is 1.00 bits per heavy atom. The number of hydrogen-bond acceptors (Lipinski definition) is 4. The van der Waals surface area contributed by atoms with Gasteiger partial charge in [0.1, 0.15) is 5.75 Å². The van der Waals surface area contributed by atoms with Crippen LogP contribution >= 0.6 is 0 Å². The van der Waals surface area contributed by atoms with Crippen LogP contribution in [0.25, 0.3) is 0 Å². The van der Waals surface area contributed by atoms with Crippen LogP contribution in [0.1, 0.15) is 13.3 Å². The second-order valence-corrected chi connectivity index (χ2v) is 5.47. The molecule has 0 saturated heterocycles. The lowest BCUT2D eigenvalue weighted by molar-refractivity contribution is 0.313. The molecule has 0 aromatic heterocycles. The van der Waals surface area contributed by atoms with Crippen molar-refractivity contribution in [3.63, 3.8) is 0 Å². The SMILES string of the molecule is CCNC(=NCCCOc1ccccc1)Nc1ccc(OC)c(OC)c1. The number of benzene rings is 2. The highest BCUT2D eigenvalue weighted by Gasteiger charge is 2.06. The van der Waals surface area contributed by atoms with Gasteiger partial charge in [0.15, 0.2) is 17.5 Å². The van der Waals surface area contributed by atoms with Crippen LogP contribution in [-0.4, -0.2) is 39.9 Å². The lowest BCUT2D eigenvalue weighted by Gasteiger charge is -2.14. The van der Waals surface area contributed by atoms with Gasteiger partial charge in [0.05, 0.1) is 20.8 Å². The molecule has 0 aliphatic rings. The summed E-state index contributed by atoms with van der Waals surface area (Å²) in [6, 6.07) is 15.5. The largest absolute Gasteiger partial charge is 0.494 e. The molecule has 0 aliphatic carbocycles. The van der Waals surface area contributed by atoms with E-state index in [4.69, 9.17) is 14.2 Å². The lowest BCUT2D eigenvalue weighted by atomic mass is 10.3. The van der Waals surface area contributed by atoms with Gasteiger partial charge in [0.25, 0.3) is 0 Å². The van der Waals surface area contributed by atoms with Crippen LogP contribution < -0.4 is 24.8 Å². The minimum Gasteiger partial charge on any atom is -0.494 e. The van der Waals surface area contributed by atoms with Gasteiger partial charge in [0, 0.05) is 31.3 Å². The molecule has 140 valence electrons. The lowest BCUT2D eigenvalue weighted by Crippen LogP contribution is -2.30. The van der Waals surface area contributed by atoms with Gasteiger partial charge >= 0.3 is 0 Å². The van der Waals surface area contributed by atoms with E-state index in [9.17, 15) is 0 Å². The van der Waals surface area contributed by atoms with Crippen molar-refractivity contribution >= 4 is 11.6 Å². The van der Waals surface area contributed by atoms with Gasteiger partial charge in [-0.25, -0.2) is 0 Å². The number of para-hydroxylation sites is 1. The minimum atomic E-state index is 0.628. The normalized spacial score (nSPS) is 11.0. The average molecular weight is 357 g/mol. The Balaban J connectivity index is 1.88. The van der Waals surface area contributed by atoms with E-state index in [1.54, 1.807) is 14.2 Å². The predicted octanol–water partition coefficient (Wildman–Crippen LogP) is 3.55. The highest BCUT2D eigenvalue weighted by Crippen LogP contribution is 2.29. The quantitative estimate of drug-likeness (QED) is 0.408. The van der Waals surface area contributed by atoms with Crippen LogP contribution in [0.5, 0.6) is 17.2 Å². The van der Waals surface area contributed by atoms with Crippen molar-refractivity contribution in [2.24, 2.45) is 4.99 Å². The van der Waals surface area contributed by atoms with Gasteiger partial charge < -0.3 is 24.8 Å². The molecule has 0 bridgehead atoms. The third-order valence-electron chi connectivity index (χ3n) is 3.57. The van der Waals surface area contributed by atoms with Crippen LogP contribution in [0.15, 0.2) is 53.5 Å². The molecule has 2 aromatic rings. The van der Waals surface area contributed by atoms with Crippen molar-refractivity contribution < 1.29 is 14.2 Å². The number of rotatable bonds is 9. The monoisotopic (exact) mass is 357 g/mol. The molecule has 0 radical (unpaired) electrons. The standard InChI is InChI=1S/C20H27N3O3/c1-4-21-20(22-13-8-14-26-17-9-6-5-7-10-17)23-16-11-12-18(24-2)19(15-16)25-3/h5-7,9-12,15H,4,8,13-14H2,1-3H3,(H2,21,22,23). The van der Waals surface area contributed by atoms with Crippen LogP contribution in [0.3, 0.4) is 0 Å². The molecule has 6 heteroatoms. The first kappa shape index (κ1) is 19.4. The number of methoxy groups -OCH3 is 2. The van der Waals surface area contributed by atoms with E-state index in [0.717, 1.165) is 30.4 Å². The number of hydrogen-bond donors (Lipinski definition) is 2. The number of nitrogens with one attached hydrogen (secondary N) is 2. The van der Waals surface area contributed by atoms with Crippen LogP contribution in [0.2, 0.25) is 0 Å². The molecule has 0 spiro atoms. The zero-order valence-corrected chi connectivity index (χ0v) is 15.6. The van der Waals surface area contributed by atoms with Gasteiger partial charge in [-0.05, 0) is 31.2 Å². The summed E-state index contributed by atoms with van der Waals surface area (Å²) in [7, 11) is 3.24. The average Bonchev–Trinajstić information content (AvgIpc) is 2.68. The summed E-state index contributed by atoms with van der Waals surface area (Å²) in [4.78, 5) is 4.58. The van der Waals surface area contributed by atoms with E-state index in [2.05, 4.69) is 15.6 Å². The van der Waals surface area contributed by atoms with E-state index >= 15 is 0 Å². The Morgan fingerprint density at radius 3 is 2.46 bits per heavy atom. The Kier molecular flexibility index (Phi) is 8.12. The first-order valence-corrected chi connectivity index (χ1v) is 8.72. The van der Waals surface area contributed by atoms with Crippen molar-refractivity contribution in [3.8, 4) is 17.2 Å².